The maximum Gasteiger partial charge on any atom is 0.166 e. The van der Waals surface area contributed by atoms with Gasteiger partial charge in [-0.05, 0) is 43.7 Å². The second-order valence-electron chi connectivity index (χ2n) is 6.55. The third kappa shape index (κ3) is 2.84. The Labute approximate surface area is 157 Å². The molecule has 2 heterocycles. The van der Waals surface area contributed by atoms with Crippen LogP contribution in [-0.4, -0.2) is 32.0 Å². The largest absolute Gasteiger partial charge is 0.497 e. The highest BCUT2D eigenvalue weighted by Crippen LogP contribution is 2.34. The first kappa shape index (κ1) is 17.2. The quantitative estimate of drug-likeness (QED) is 0.604. The van der Waals surface area contributed by atoms with Gasteiger partial charge in [0.15, 0.2) is 5.65 Å². The van der Waals surface area contributed by atoms with E-state index in [0.717, 1.165) is 28.1 Å². The van der Waals surface area contributed by atoms with Crippen molar-refractivity contribution in [2.45, 2.75) is 19.4 Å². The summed E-state index contributed by atoms with van der Waals surface area (Å²) < 4.78 is 6.99. The van der Waals surface area contributed by atoms with Crippen molar-refractivity contribution in [3.63, 3.8) is 0 Å². The van der Waals surface area contributed by atoms with Crippen LogP contribution in [0.25, 0.3) is 16.7 Å². The van der Waals surface area contributed by atoms with Crippen LogP contribution >= 0.6 is 0 Å². The Hall–Kier alpha value is -3.25. The number of fused-ring (bicyclic) bond motifs is 1. The fraction of sp³-hybridized carbons (Fsp3) is 0.190. The van der Waals surface area contributed by atoms with Crippen molar-refractivity contribution >= 4 is 11.0 Å². The molecule has 0 amide bonds. The normalized spacial score (nSPS) is 13.5. The van der Waals surface area contributed by atoms with Crippen LogP contribution in [0.4, 0.5) is 0 Å². The number of aliphatic hydroxyl groups is 1. The average molecular weight is 360 g/mol. The molecule has 0 radical (unpaired) electrons. The van der Waals surface area contributed by atoms with Crippen LogP contribution in [0.1, 0.15) is 23.9 Å². The maximum atomic E-state index is 11.4. The molecule has 6 nitrogen and oxygen atoms in total. The highest BCUT2D eigenvalue weighted by Gasteiger charge is 2.31. The maximum absolute atomic E-state index is 11.4. The van der Waals surface area contributed by atoms with Gasteiger partial charge in [-0.15, -0.1) is 0 Å². The number of benzene rings is 2. The van der Waals surface area contributed by atoms with E-state index in [1.165, 1.54) is 6.33 Å². The molecule has 27 heavy (non-hydrogen) atoms. The third-order valence-corrected chi connectivity index (χ3v) is 4.75. The molecule has 0 fully saturated rings. The molecule has 0 aliphatic rings. The highest BCUT2D eigenvalue weighted by atomic mass is 16.5. The Morgan fingerprint density at radius 2 is 1.70 bits per heavy atom. The lowest BCUT2D eigenvalue weighted by atomic mass is 9.90. The predicted molar refractivity (Wildman–Crippen MR) is 103 cm³/mol. The molecule has 0 spiro atoms. The van der Waals surface area contributed by atoms with Crippen molar-refractivity contribution in [1.82, 2.24) is 19.7 Å². The third-order valence-electron chi connectivity index (χ3n) is 4.75. The molecule has 2 aromatic carbocycles. The molecule has 1 atom stereocenters. The fourth-order valence-corrected chi connectivity index (χ4v) is 3.29. The Bertz CT molecular complexity index is 1090. The van der Waals surface area contributed by atoms with Crippen molar-refractivity contribution in [2.75, 3.05) is 7.11 Å². The number of nitrogens with zero attached hydrogens (tertiary/aromatic N) is 4. The van der Waals surface area contributed by atoms with Crippen molar-refractivity contribution in [2.24, 2.45) is 0 Å². The topological polar surface area (TPSA) is 73.1 Å². The Kier molecular flexibility index (Phi) is 4.12. The van der Waals surface area contributed by atoms with Gasteiger partial charge in [0.05, 0.1) is 29.6 Å². The van der Waals surface area contributed by atoms with E-state index in [1.54, 1.807) is 18.7 Å². The number of para-hydroxylation sites is 1. The second-order valence-corrected chi connectivity index (χ2v) is 6.55. The van der Waals surface area contributed by atoms with Gasteiger partial charge in [0.1, 0.15) is 17.7 Å². The summed E-state index contributed by atoms with van der Waals surface area (Å²) in [5.74, 6) is 0.732. The number of hydrogen-bond donors (Lipinski definition) is 1. The zero-order chi connectivity index (χ0) is 19.0. The standard InChI is InChI=1S/C21H20N4O2/c1-14-18-19(21(2,26)15-9-11-17(27-3)12-10-15)22-13-23-20(18)25(24-14)16-7-5-4-6-8-16/h4-13,26H,1-3H3. The van der Waals surface area contributed by atoms with Crippen LogP contribution in [0.5, 0.6) is 5.75 Å². The molecular formula is C21H20N4O2. The van der Waals surface area contributed by atoms with Gasteiger partial charge >= 0.3 is 0 Å². The number of aryl methyl sites for hydroxylation is 1. The first-order chi connectivity index (χ1) is 13.0. The van der Waals surface area contributed by atoms with E-state index in [-0.39, 0.29) is 0 Å². The molecule has 4 rings (SSSR count). The molecule has 1 N–H and O–H groups in total. The lowest BCUT2D eigenvalue weighted by Gasteiger charge is -2.24. The van der Waals surface area contributed by atoms with Gasteiger partial charge in [0.25, 0.3) is 0 Å². The Balaban J connectivity index is 1.90. The zero-order valence-corrected chi connectivity index (χ0v) is 15.4. The smallest absolute Gasteiger partial charge is 0.166 e. The number of ether oxygens (including phenoxy) is 1. The zero-order valence-electron chi connectivity index (χ0n) is 15.4. The monoisotopic (exact) mass is 360 g/mol. The molecule has 0 saturated carbocycles. The van der Waals surface area contributed by atoms with Crippen LogP contribution in [0.3, 0.4) is 0 Å². The number of methoxy groups -OCH3 is 1. The van der Waals surface area contributed by atoms with E-state index in [2.05, 4.69) is 15.1 Å². The molecule has 6 heteroatoms. The summed E-state index contributed by atoms with van der Waals surface area (Å²) in [4.78, 5) is 8.85. The van der Waals surface area contributed by atoms with Crippen LogP contribution in [-0.2, 0) is 5.60 Å². The Morgan fingerprint density at radius 3 is 2.37 bits per heavy atom. The molecule has 0 aliphatic carbocycles. The average Bonchev–Trinajstić information content (AvgIpc) is 3.05. The molecule has 4 aromatic rings. The minimum absolute atomic E-state index is 0.525. The summed E-state index contributed by atoms with van der Waals surface area (Å²) in [5.41, 5.74) is 2.27. The van der Waals surface area contributed by atoms with E-state index < -0.39 is 5.60 Å². The number of rotatable bonds is 4. The summed E-state index contributed by atoms with van der Waals surface area (Å²) in [6, 6.07) is 17.1. The van der Waals surface area contributed by atoms with Crippen molar-refractivity contribution in [3.8, 4) is 11.4 Å². The van der Waals surface area contributed by atoms with E-state index in [1.807, 2.05) is 61.5 Å². The van der Waals surface area contributed by atoms with Gasteiger partial charge in [0, 0.05) is 0 Å². The van der Waals surface area contributed by atoms with Crippen LogP contribution in [0.15, 0.2) is 60.9 Å². The summed E-state index contributed by atoms with van der Waals surface area (Å²) in [7, 11) is 1.61. The van der Waals surface area contributed by atoms with Crippen LogP contribution in [0, 0.1) is 6.92 Å². The van der Waals surface area contributed by atoms with Gasteiger partial charge in [-0.1, -0.05) is 30.3 Å². The predicted octanol–water partition coefficient (Wildman–Crippen LogP) is 3.39. The number of aromatic nitrogens is 4. The van der Waals surface area contributed by atoms with Gasteiger partial charge in [-0.3, -0.25) is 0 Å². The van der Waals surface area contributed by atoms with Crippen molar-refractivity contribution in [1.29, 1.82) is 0 Å². The molecule has 0 bridgehead atoms. The fourth-order valence-electron chi connectivity index (χ4n) is 3.29. The minimum atomic E-state index is -1.30. The molecule has 0 saturated heterocycles. The van der Waals surface area contributed by atoms with E-state index in [0.29, 0.717) is 11.3 Å². The van der Waals surface area contributed by atoms with Gasteiger partial charge in [-0.25, -0.2) is 14.6 Å². The molecule has 2 aromatic heterocycles. The highest BCUT2D eigenvalue weighted by molar-refractivity contribution is 5.83. The van der Waals surface area contributed by atoms with Crippen molar-refractivity contribution < 1.29 is 9.84 Å². The molecular weight excluding hydrogens is 340 g/mol. The first-order valence-corrected chi connectivity index (χ1v) is 8.65. The van der Waals surface area contributed by atoms with Gasteiger partial charge in [0.2, 0.25) is 0 Å². The van der Waals surface area contributed by atoms with Crippen LogP contribution in [0.2, 0.25) is 0 Å². The summed E-state index contributed by atoms with van der Waals surface area (Å²) in [5, 5.41) is 16.7. The molecule has 0 aliphatic heterocycles. The lowest BCUT2D eigenvalue weighted by Crippen LogP contribution is -2.25. The second kappa shape index (κ2) is 6.48. The van der Waals surface area contributed by atoms with E-state index >= 15 is 0 Å². The summed E-state index contributed by atoms with van der Waals surface area (Å²) >= 11 is 0. The number of hydrogen-bond acceptors (Lipinski definition) is 5. The summed E-state index contributed by atoms with van der Waals surface area (Å²) in [6.07, 6.45) is 1.47. The summed E-state index contributed by atoms with van der Waals surface area (Å²) in [6.45, 7) is 3.63. The molecule has 136 valence electrons. The SMILES string of the molecule is COc1ccc(C(C)(O)c2ncnc3c2c(C)nn3-c2ccccc2)cc1. The lowest BCUT2D eigenvalue weighted by molar-refractivity contribution is 0.0989. The van der Waals surface area contributed by atoms with E-state index in [9.17, 15) is 5.11 Å². The van der Waals surface area contributed by atoms with Gasteiger partial charge < -0.3 is 9.84 Å². The van der Waals surface area contributed by atoms with E-state index in [4.69, 9.17) is 4.74 Å². The molecule has 1 unspecified atom stereocenters. The minimum Gasteiger partial charge on any atom is -0.497 e. The van der Waals surface area contributed by atoms with Gasteiger partial charge in [-0.2, -0.15) is 5.10 Å². The Morgan fingerprint density at radius 1 is 1.00 bits per heavy atom. The first-order valence-electron chi connectivity index (χ1n) is 8.65. The van der Waals surface area contributed by atoms with Crippen molar-refractivity contribution in [3.05, 3.63) is 77.9 Å². The van der Waals surface area contributed by atoms with Crippen LogP contribution < -0.4 is 4.74 Å².